The molecule has 8 heteroatoms. The van der Waals surface area contributed by atoms with E-state index < -0.39 is 0 Å². The van der Waals surface area contributed by atoms with Gasteiger partial charge in [-0.1, -0.05) is 0 Å². The van der Waals surface area contributed by atoms with Crippen LogP contribution in [0.1, 0.15) is 6.42 Å². The number of hydrogen-bond donors (Lipinski definition) is 1. The van der Waals surface area contributed by atoms with Crippen molar-refractivity contribution in [2.75, 3.05) is 5.73 Å². The molecule has 3 heterocycles. The molecule has 0 radical (unpaired) electrons. The Labute approximate surface area is 128 Å². The highest BCUT2D eigenvalue weighted by Crippen LogP contribution is 2.14. The SMILES string of the molecule is Nc1ncnc2c1ncn2CCCn1cccc(Br)c1=O. The van der Waals surface area contributed by atoms with E-state index >= 15 is 0 Å². The van der Waals surface area contributed by atoms with Gasteiger partial charge in [0, 0.05) is 19.3 Å². The van der Waals surface area contributed by atoms with Gasteiger partial charge in [0.05, 0.1) is 10.8 Å². The van der Waals surface area contributed by atoms with Crippen molar-refractivity contribution in [3.05, 3.63) is 45.8 Å². The number of nitrogen functional groups attached to an aromatic ring is 1. The highest BCUT2D eigenvalue weighted by Gasteiger charge is 2.07. The van der Waals surface area contributed by atoms with Crippen LogP contribution in [0.4, 0.5) is 5.82 Å². The molecule has 0 atom stereocenters. The molecule has 0 spiro atoms. The van der Waals surface area contributed by atoms with E-state index in [0.29, 0.717) is 34.5 Å². The maximum absolute atomic E-state index is 11.9. The summed E-state index contributed by atoms with van der Waals surface area (Å²) in [6.07, 6.45) is 5.68. The van der Waals surface area contributed by atoms with Crippen LogP contribution in [0.2, 0.25) is 0 Å². The minimum Gasteiger partial charge on any atom is -0.382 e. The van der Waals surface area contributed by atoms with Gasteiger partial charge in [0.15, 0.2) is 11.5 Å². The van der Waals surface area contributed by atoms with Crippen molar-refractivity contribution in [3.8, 4) is 0 Å². The number of anilines is 1. The third-order valence-corrected chi connectivity index (χ3v) is 3.80. The van der Waals surface area contributed by atoms with E-state index in [1.54, 1.807) is 23.2 Å². The molecule has 0 unspecified atom stereocenters. The summed E-state index contributed by atoms with van der Waals surface area (Å²) in [7, 11) is 0. The van der Waals surface area contributed by atoms with Crippen LogP contribution >= 0.6 is 15.9 Å². The van der Waals surface area contributed by atoms with Crippen LogP contribution in [0, 0.1) is 0 Å². The highest BCUT2D eigenvalue weighted by molar-refractivity contribution is 9.10. The lowest BCUT2D eigenvalue weighted by Crippen LogP contribution is -2.20. The summed E-state index contributed by atoms with van der Waals surface area (Å²) >= 11 is 3.24. The highest BCUT2D eigenvalue weighted by atomic mass is 79.9. The van der Waals surface area contributed by atoms with Gasteiger partial charge in [0.2, 0.25) is 0 Å². The number of aryl methyl sites for hydroxylation is 2. The average molecular weight is 349 g/mol. The number of pyridine rings is 1. The number of nitrogens with two attached hydrogens (primary N) is 1. The zero-order valence-electron chi connectivity index (χ0n) is 11.1. The lowest BCUT2D eigenvalue weighted by molar-refractivity contribution is 0.557. The molecule has 0 aliphatic rings. The second-order valence-corrected chi connectivity index (χ2v) is 5.43. The summed E-state index contributed by atoms with van der Waals surface area (Å²) in [5.41, 5.74) is 7.04. The molecule has 0 amide bonds. The van der Waals surface area contributed by atoms with E-state index in [2.05, 4.69) is 30.9 Å². The fourth-order valence-electron chi connectivity index (χ4n) is 2.16. The number of nitrogens with zero attached hydrogens (tertiary/aromatic N) is 5. The first-order chi connectivity index (χ1) is 10.2. The summed E-state index contributed by atoms with van der Waals surface area (Å²) in [5.74, 6) is 0.377. The van der Waals surface area contributed by atoms with Crippen molar-refractivity contribution in [2.24, 2.45) is 0 Å². The Morgan fingerprint density at radius 3 is 2.86 bits per heavy atom. The average Bonchev–Trinajstić information content (AvgIpc) is 2.88. The number of fused-ring (bicyclic) bond motifs is 1. The van der Waals surface area contributed by atoms with Crippen molar-refractivity contribution in [3.63, 3.8) is 0 Å². The molecule has 108 valence electrons. The molecule has 2 N–H and O–H groups in total. The molecular formula is C13H13BrN6O. The fourth-order valence-corrected chi connectivity index (χ4v) is 2.54. The Morgan fingerprint density at radius 1 is 1.19 bits per heavy atom. The Balaban J connectivity index is 1.74. The zero-order chi connectivity index (χ0) is 14.8. The monoisotopic (exact) mass is 348 g/mol. The van der Waals surface area contributed by atoms with Crippen molar-refractivity contribution in [2.45, 2.75) is 19.5 Å². The lowest BCUT2D eigenvalue weighted by atomic mass is 10.4. The van der Waals surface area contributed by atoms with E-state index in [0.717, 1.165) is 6.42 Å². The van der Waals surface area contributed by atoms with E-state index in [1.807, 2.05) is 10.6 Å². The Morgan fingerprint density at radius 2 is 2.00 bits per heavy atom. The van der Waals surface area contributed by atoms with E-state index in [4.69, 9.17) is 5.73 Å². The number of imidazole rings is 1. The second kappa shape index (κ2) is 5.65. The Hall–Kier alpha value is -2.22. The molecule has 0 aromatic carbocycles. The van der Waals surface area contributed by atoms with Gasteiger partial charge < -0.3 is 14.9 Å². The normalized spacial score (nSPS) is 11.1. The summed E-state index contributed by atoms with van der Waals surface area (Å²) in [4.78, 5) is 24.2. The molecular weight excluding hydrogens is 336 g/mol. The van der Waals surface area contributed by atoms with Crippen molar-refractivity contribution < 1.29 is 0 Å². The van der Waals surface area contributed by atoms with Gasteiger partial charge in [-0.2, -0.15) is 0 Å². The number of aromatic nitrogens is 5. The van der Waals surface area contributed by atoms with Crippen LogP contribution in [-0.4, -0.2) is 24.1 Å². The molecule has 0 saturated carbocycles. The minimum atomic E-state index is -0.0282. The molecule has 0 fully saturated rings. The number of rotatable bonds is 4. The van der Waals surface area contributed by atoms with Gasteiger partial charge in [-0.05, 0) is 34.5 Å². The first-order valence-corrected chi connectivity index (χ1v) is 7.22. The van der Waals surface area contributed by atoms with E-state index in [1.165, 1.54) is 6.33 Å². The summed E-state index contributed by atoms with van der Waals surface area (Å²) in [6, 6.07) is 3.58. The van der Waals surface area contributed by atoms with Crippen LogP contribution in [0.3, 0.4) is 0 Å². The predicted octanol–water partition coefficient (Wildman–Crippen LogP) is 1.42. The van der Waals surface area contributed by atoms with Gasteiger partial charge in [-0.15, -0.1) is 0 Å². The predicted molar refractivity (Wildman–Crippen MR) is 82.8 cm³/mol. The maximum Gasteiger partial charge on any atom is 0.264 e. The Bertz CT molecular complexity index is 840. The van der Waals surface area contributed by atoms with Gasteiger partial charge in [0.25, 0.3) is 5.56 Å². The van der Waals surface area contributed by atoms with Crippen molar-refractivity contribution >= 4 is 32.9 Å². The van der Waals surface area contributed by atoms with Crippen LogP contribution in [0.25, 0.3) is 11.2 Å². The summed E-state index contributed by atoms with van der Waals surface area (Å²) in [6.45, 7) is 1.32. The molecule has 0 aliphatic heterocycles. The largest absolute Gasteiger partial charge is 0.382 e. The molecule has 7 nitrogen and oxygen atoms in total. The van der Waals surface area contributed by atoms with Crippen LogP contribution < -0.4 is 11.3 Å². The van der Waals surface area contributed by atoms with E-state index in [-0.39, 0.29) is 5.56 Å². The van der Waals surface area contributed by atoms with Crippen LogP contribution in [0.15, 0.2) is 40.3 Å². The quantitative estimate of drug-likeness (QED) is 0.769. The van der Waals surface area contributed by atoms with Gasteiger partial charge >= 0.3 is 0 Å². The molecule has 0 saturated heterocycles. The van der Waals surface area contributed by atoms with Gasteiger partial charge in [-0.25, -0.2) is 15.0 Å². The summed E-state index contributed by atoms with van der Waals surface area (Å²) in [5, 5.41) is 0. The molecule has 3 aromatic rings. The van der Waals surface area contributed by atoms with Gasteiger partial charge in [-0.3, -0.25) is 4.79 Å². The number of halogens is 1. The lowest BCUT2D eigenvalue weighted by Gasteiger charge is -2.07. The molecule has 0 aliphatic carbocycles. The van der Waals surface area contributed by atoms with Gasteiger partial charge in [0.1, 0.15) is 11.8 Å². The first kappa shape index (κ1) is 13.7. The molecule has 0 bridgehead atoms. The van der Waals surface area contributed by atoms with Crippen LogP contribution in [-0.2, 0) is 13.1 Å². The van der Waals surface area contributed by atoms with Crippen LogP contribution in [0.5, 0.6) is 0 Å². The summed E-state index contributed by atoms with van der Waals surface area (Å²) < 4.78 is 4.15. The number of hydrogen-bond acceptors (Lipinski definition) is 5. The third kappa shape index (κ3) is 2.66. The Kier molecular flexibility index (Phi) is 3.70. The smallest absolute Gasteiger partial charge is 0.264 e. The van der Waals surface area contributed by atoms with Crippen molar-refractivity contribution in [1.29, 1.82) is 0 Å². The van der Waals surface area contributed by atoms with Crippen molar-refractivity contribution in [1.82, 2.24) is 24.1 Å². The first-order valence-electron chi connectivity index (χ1n) is 6.43. The standard InChI is InChI=1S/C13H13BrN6O/c14-9-3-1-4-19(13(9)21)5-2-6-20-8-18-10-11(15)16-7-17-12(10)20/h1,3-4,7-8H,2,5-6H2,(H2,15,16,17). The molecule has 3 aromatic heterocycles. The second-order valence-electron chi connectivity index (χ2n) is 4.58. The topological polar surface area (TPSA) is 91.6 Å². The van der Waals surface area contributed by atoms with E-state index in [9.17, 15) is 4.79 Å². The third-order valence-electron chi connectivity index (χ3n) is 3.20. The minimum absolute atomic E-state index is 0.0282. The molecule has 21 heavy (non-hydrogen) atoms. The zero-order valence-corrected chi connectivity index (χ0v) is 12.7. The maximum atomic E-state index is 11.9. The fraction of sp³-hybridized carbons (Fsp3) is 0.231. The molecule has 3 rings (SSSR count).